The molecule has 32 heavy (non-hydrogen) atoms. The number of nitrogens with zero attached hydrogens (tertiary/aromatic N) is 3. The smallest absolute Gasteiger partial charge is 0.268 e. The number of amides is 1. The molecule has 0 saturated heterocycles. The van der Waals surface area contributed by atoms with Crippen LogP contribution in [0.15, 0.2) is 76.8 Å². The van der Waals surface area contributed by atoms with E-state index in [9.17, 15) is 9.59 Å². The Bertz CT molecular complexity index is 1300. The molecule has 0 aliphatic heterocycles. The maximum Gasteiger partial charge on any atom is 0.268 e. The van der Waals surface area contributed by atoms with Gasteiger partial charge in [0.1, 0.15) is 11.5 Å². The van der Waals surface area contributed by atoms with E-state index >= 15 is 0 Å². The molecule has 2 aromatic carbocycles. The molecule has 0 aliphatic carbocycles. The van der Waals surface area contributed by atoms with E-state index in [1.807, 2.05) is 30.3 Å². The number of nitrogens with one attached hydrogen (secondary N) is 1. The van der Waals surface area contributed by atoms with Gasteiger partial charge in [0.15, 0.2) is 10.8 Å². The van der Waals surface area contributed by atoms with Gasteiger partial charge in [-0.25, -0.2) is 9.97 Å². The molecule has 1 N–H and O–H groups in total. The minimum absolute atomic E-state index is 0.0388. The van der Waals surface area contributed by atoms with Crippen LogP contribution in [-0.2, 0) is 4.79 Å². The number of hydrogen-bond donors (Lipinski definition) is 1. The molecule has 162 valence electrons. The third kappa shape index (κ3) is 4.57. The van der Waals surface area contributed by atoms with Gasteiger partial charge in [0.25, 0.3) is 5.56 Å². The number of rotatable bonds is 7. The lowest BCUT2D eigenvalue weighted by Gasteiger charge is -2.13. The largest absolute Gasteiger partial charge is 0.497 e. The average molecular weight is 449 g/mol. The van der Waals surface area contributed by atoms with Gasteiger partial charge in [0.2, 0.25) is 5.91 Å². The van der Waals surface area contributed by atoms with E-state index in [4.69, 9.17) is 9.47 Å². The number of fused-ring (bicyclic) bond motifs is 1. The number of thioether (sulfide) groups is 1. The lowest BCUT2D eigenvalue weighted by atomic mass is 10.2. The normalized spacial score (nSPS) is 10.7. The fourth-order valence-corrected chi connectivity index (χ4v) is 3.91. The molecular formula is C23H20N4O4S. The van der Waals surface area contributed by atoms with Gasteiger partial charge in [0.05, 0.1) is 31.0 Å². The lowest BCUT2D eigenvalue weighted by Crippen LogP contribution is -2.23. The molecule has 4 rings (SSSR count). The van der Waals surface area contributed by atoms with Gasteiger partial charge >= 0.3 is 0 Å². The lowest BCUT2D eigenvalue weighted by molar-refractivity contribution is -0.113. The van der Waals surface area contributed by atoms with Crippen molar-refractivity contribution in [2.24, 2.45) is 0 Å². The molecule has 0 fully saturated rings. The minimum Gasteiger partial charge on any atom is -0.497 e. The highest BCUT2D eigenvalue weighted by molar-refractivity contribution is 7.99. The van der Waals surface area contributed by atoms with Crippen LogP contribution in [-0.4, -0.2) is 40.4 Å². The van der Waals surface area contributed by atoms with Crippen LogP contribution >= 0.6 is 11.8 Å². The predicted octanol–water partition coefficient (Wildman–Crippen LogP) is 3.53. The van der Waals surface area contributed by atoms with Crippen molar-refractivity contribution in [2.75, 3.05) is 25.3 Å². The first kappa shape index (κ1) is 21.4. The van der Waals surface area contributed by atoms with Crippen molar-refractivity contribution in [2.45, 2.75) is 5.16 Å². The molecule has 0 saturated carbocycles. The molecular weight excluding hydrogens is 428 g/mol. The van der Waals surface area contributed by atoms with Gasteiger partial charge in [-0.2, -0.15) is 0 Å². The Labute approximate surface area is 188 Å². The Morgan fingerprint density at radius 2 is 1.75 bits per heavy atom. The summed E-state index contributed by atoms with van der Waals surface area (Å²) in [6.45, 7) is 0. The van der Waals surface area contributed by atoms with Crippen LogP contribution in [0.4, 0.5) is 5.69 Å². The number of aromatic nitrogens is 3. The van der Waals surface area contributed by atoms with Crippen LogP contribution in [0, 0.1) is 0 Å². The Balaban J connectivity index is 1.62. The fourth-order valence-electron chi connectivity index (χ4n) is 3.11. The van der Waals surface area contributed by atoms with E-state index in [1.54, 1.807) is 50.7 Å². The van der Waals surface area contributed by atoms with Crippen molar-refractivity contribution >= 4 is 34.4 Å². The molecule has 1 amide bonds. The SMILES string of the molecule is COc1cc(NC(=O)CSc2nc3ncccc3c(=O)n2-c2ccccc2)cc(OC)c1. The van der Waals surface area contributed by atoms with Gasteiger partial charge in [-0.3, -0.25) is 14.2 Å². The molecule has 2 aromatic heterocycles. The number of carbonyl (C=O) groups excluding carboxylic acids is 1. The molecule has 0 unspecified atom stereocenters. The Kier molecular flexibility index (Phi) is 6.37. The van der Waals surface area contributed by atoms with Gasteiger partial charge < -0.3 is 14.8 Å². The molecule has 0 bridgehead atoms. The third-order valence-electron chi connectivity index (χ3n) is 4.59. The van der Waals surface area contributed by atoms with Crippen molar-refractivity contribution in [3.05, 3.63) is 77.2 Å². The first-order valence-electron chi connectivity index (χ1n) is 9.68. The van der Waals surface area contributed by atoms with Crippen LogP contribution in [0.25, 0.3) is 16.7 Å². The summed E-state index contributed by atoms with van der Waals surface area (Å²) in [7, 11) is 3.08. The summed E-state index contributed by atoms with van der Waals surface area (Å²) < 4.78 is 12.0. The topological polar surface area (TPSA) is 95.3 Å². The van der Waals surface area contributed by atoms with Crippen LogP contribution in [0.3, 0.4) is 0 Å². The zero-order valence-electron chi connectivity index (χ0n) is 17.4. The second kappa shape index (κ2) is 9.52. The Hall–Kier alpha value is -3.85. The predicted molar refractivity (Wildman–Crippen MR) is 124 cm³/mol. The number of pyridine rings is 1. The summed E-state index contributed by atoms with van der Waals surface area (Å²) in [5.74, 6) is 0.900. The first-order valence-corrected chi connectivity index (χ1v) is 10.7. The van der Waals surface area contributed by atoms with Crippen molar-refractivity contribution in [3.63, 3.8) is 0 Å². The number of ether oxygens (including phenoxy) is 2. The number of benzene rings is 2. The van der Waals surface area contributed by atoms with E-state index in [1.165, 1.54) is 4.57 Å². The van der Waals surface area contributed by atoms with E-state index in [-0.39, 0.29) is 17.2 Å². The molecule has 4 aromatic rings. The molecule has 0 radical (unpaired) electrons. The Morgan fingerprint density at radius 1 is 1.03 bits per heavy atom. The van der Waals surface area contributed by atoms with Crippen molar-refractivity contribution in [1.82, 2.24) is 14.5 Å². The Morgan fingerprint density at radius 3 is 2.44 bits per heavy atom. The zero-order valence-corrected chi connectivity index (χ0v) is 18.3. The van der Waals surface area contributed by atoms with Gasteiger partial charge in [0, 0.05) is 30.1 Å². The van der Waals surface area contributed by atoms with Crippen LogP contribution in [0.1, 0.15) is 0 Å². The molecule has 0 atom stereocenters. The summed E-state index contributed by atoms with van der Waals surface area (Å²) in [4.78, 5) is 34.6. The first-order chi connectivity index (χ1) is 15.6. The number of hydrogen-bond acceptors (Lipinski definition) is 7. The average Bonchev–Trinajstić information content (AvgIpc) is 2.83. The molecule has 8 nitrogen and oxygen atoms in total. The van der Waals surface area contributed by atoms with E-state index in [0.29, 0.717) is 39.1 Å². The number of anilines is 1. The highest BCUT2D eigenvalue weighted by Crippen LogP contribution is 2.26. The minimum atomic E-state index is -0.264. The van der Waals surface area contributed by atoms with Crippen molar-refractivity contribution < 1.29 is 14.3 Å². The second-order valence-corrected chi connectivity index (χ2v) is 7.63. The van der Waals surface area contributed by atoms with Crippen LogP contribution < -0.4 is 20.3 Å². The number of carbonyl (C=O) groups is 1. The third-order valence-corrected chi connectivity index (χ3v) is 5.53. The molecule has 0 spiro atoms. The fraction of sp³-hybridized carbons (Fsp3) is 0.130. The molecule has 0 aliphatic rings. The maximum atomic E-state index is 13.2. The molecule has 9 heteroatoms. The van der Waals surface area contributed by atoms with Crippen molar-refractivity contribution in [1.29, 1.82) is 0 Å². The summed E-state index contributed by atoms with van der Waals surface area (Å²) >= 11 is 1.16. The number of para-hydroxylation sites is 1. The quantitative estimate of drug-likeness (QED) is 0.341. The summed E-state index contributed by atoms with van der Waals surface area (Å²) in [6.07, 6.45) is 1.58. The number of methoxy groups -OCH3 is 2. The second-order valence-electron chi connectivity index (χ2n) is 6.68. The monoisotopic (exact) mass is 448 g/mol. The van der Waals surface area contributed by atoms with Crippen molar-refractivity contribution in [3.8, 4) is 17.2 Å². The van der Waals surface area contributed by atoms with E-state index < -0.39 is 0 Å². The van der Waals surface area contributed by atoms with Crippen LogP contribution in [0.5, 0.6) is 11.5 Å². The van der Waals surface area contributed by atoms with Gasteiger partial charge in [-0.15, -0.1) is 0 Å². The van der Waals surface area contributed by atoms with Crippen LogP contribution in [0.2, 0.25) is 0 Å². The summed E-state index contributed by atoms with van der Waals surface area (Å²) in [5, 5.41) is 3.61. The molecule has 2 heterocycles. The standard InChI is InChI=1S/C23H20N4O4S/c1-30-17-11-15(12-18(13-17)31-2)25-20(28)14-32-23-26-21-19(9-6-10-24-21)22(29)27(23)16-7-4-3-5-8-16/h3-13H,14H2,1-2H3,(H,25,28). The maximum absolute atomic E-state index is 13.2. The van der Waals surface area contributed by atoms with Gasteiger partial charge in [-0.1, -0.05) is 30.0 Å². The highest BCUT2D eigenvalue weighted by Gasteiger charge is 2.15. The van der Waals surface area contributed by atoms with E-state index in [0.717, 1.165) is 11.8 Å². The van der Waals surface area contributed by atoms with E-state index in [2.05, 4.69) is 15.3 Å². The zero-order chi connectivity index (χ0) is 22.5. The summed E-state index contributed by atoms with van der Waals surface area (Å²) in [5.41, 5.74) is 1.30. The van der Waals surface area contributed by atoms with Gasteiger partial charge in [-0.05, 0) is 24.3 Å². The highest BCUT2D eigenvalue weighted by atomic mass is 32.2. The summed E-state index contributed by atoms with van der Waals surface area (Å²) in [6, 6.07) is 17.7.